The summed E-state index contributed by atoms with van der Waals surface area (Å²) < 4.78 is 16.6. The summed E-state index contributed by atoms with van der Waals surface area (Å²) in [5, 5.41) is 0. The molecule has 0 spiro atoms. The summed E-state index contributed by atoms with van der Waals surface area (Å²) in [5.74, 6) is -1.75. The van der Waals surface area contributed by atoms with Crippen molar-refractivity contribution in [1.29, 1.82) is 0 Å². The zero-order valence-electron chi connectivity index (χ0n) is 17.5. The second-order valence-corrected chi connectivity index (χ2v) is 8.19. The standard InChI is InChI=1S/C22H30O6/c1-12(2)8-9-17(26-15(6)23)14(5)16-11-18-22(7,28-18)21(25)20(16)27-19(24)10-13(3)4/h8,10,16-18,20H,5,9,11H2,1-4,6-7H3. The number of hydrogen-bond acceptors (Lipinski definition) is 6. The van der Waals surface area contributed by atoms with E-state index in [9.17, 15) is 14.4 Å². The molecule has 2 fully saturated rings. The molecular formula is C22H30O6. The molecule has 6 heteroatoms. The van der Waals surface area contributed by atoms with E-state index in [0.29, 0.717) is 18.4 Å². The van der Waals surface area contributed by atoms with Gasteiger partial charge < -0.3 is 14.2 Å². The topological polar surface area (TPSA) is 82.2 Å². The number of esters is 2. The third-order valence-electron chi connectivity index (χ3n) is 5.11. The maximum absolute atomic E-state index is 13.0. The number of carbonyl (C=O) groups excluding carboxylic acids is 3. The van der Waals surface area contributed by atoms with E-state index < -0.39 is 35.7 Å². The maximum Gasteiger partial charge on any atom is 0.331 e. The molecule has 5 atom stereocenters. The van der Waals surface area contributed by atoms with Crippen molar-refractivity contribution in [3.05, 3.63) is 35.5 Å². The third kappa shape index (κ3) is 4.98. The molecule has 28 heavy (non-hydrogen) atoms. The normalized spacial score (nSPS) is 29.1. The first-order chi connectivity index (χ1) is 13.0. The molecule has 0 bridgehead atoms. The molecular weight excluding hydrogens is 360 g/mol. The van der Waals surface area contributed by atoms with Crippen LogP contribution in [0.25, 0.3) is 0 Å². The van der Waals surface area contributed by atoms with E-state index in [1.165, 1.54) is 13.0 Å². The number of carbonyl (C=O) groups is 3. The summed E-state index contributed by atoms with van der Waals surface area (Å²) in [4.78, 5) is 36.7. The molecule has 1 aliphatic heterocycles. The molecule has 0 aromatic heterocycles. The molecule has 1 saturated heterocycles. The zero-order chi connectivity index (χ0) is 21.2. The van der Waals surface area contributed by atoms with Crippen LogP contribution in [0.2, 0.25) is 0 Å². The molecule has 0 aromatic rings. The van der Waals surface area contributed by atoms with Crippen LogP contribution < -0.4 is 0 Å². The third-order valence-corrected chi connectivity index (χ3v) is 5.11. The summed E-state index contributed by atoms with van der Waals surface area (Å²) in [7, 11) is 0. The first-order valence-electron chi connectivity index (χ1n) is 9.52. The van der Waals surface area contributed by atoms with Crippen LogP contribution in [-0.4, -0.2) is 41.6 Å². The summed E-state index contributed by atoms with van der Waals surface area (Å²) in [5.41, 5.74) is 1.50. The average Bonchev–Trinajstić information content (AvgIpc) is 3.24. The van der Waals surface area contributed by atoms with E-state index in [1.807, 2.05) is 19.9 Å². The van der Waals surface area contributed by atoms with Crippen LogP contribution in [0.5, 0.6) is 0 Å². The van der Waals surface area contributed by atoms with Crippen molar-refractivity contribution >= 4 is 17.7 Å². The van der Waals surface area contributed by atoms with Crippen molar-refractivity contribution in [2.24, 2.45) is 5.92 Å². The van der Waals surface area contributed by atoms with Crippen molar-refractivity contribution in [2.75, 3.05) is 0 Å². The Morgan fingerprint density at radius 1 is 1.25 bits per heavy atom. The zero-order valence-corrected chi connectivity index (χ0v) is 17.5. The molecule has 5 unspecified atom stereocenters. The Morgan fingerprint density at radius 3 is 2.43 bits per heavy atom. The number of fused-ring (bicyclic) bond motifs is 1. The predicted octanol–water partition coefficient (Wildman–Crippen LogP) is 3.46. The van der Waals surface area contributed by atoms with E-state index in [-0.39, 0.29) is 11.9 Å². The first kappa shape index (κ1) is 22.1. The van der Waals surface area contributed by atoms with Gasteiger partial charge in [0.25, 0.3) is 0 Å². The number of Topliss-reactive ketones (excluding diaryl/α,β-unsaturated/α-hetero) is 1. The number of epoxide rings is 1. The molecule has 1 heterocycles. The largest absolute Gasteiger partial charge is 0.458 e. The lowest BCUT2D eigenvalue weighted by Gasteiger charge is -2.34. The maximum atomic E-state index is 13.0. The van der Waals surface area contributed by atoms with Gasteiger partial charge in [-0.1, -0.05) is 23.8 Å². The lowest BCUT2D eigenvalue weighted by molar-refractivity contribution is -0.157. The minimum Gasteiger partial charge on any atom is -0.458 e. The van der Waals surface area contributed by atoms with Crippen LogP contribution in [-0.2, 0) is 28.6 Å². The monoisotopic (exact) mass is 390 g/mol. The Hall–Kier alpha value is -2.21. The van der Waals surface area contributed by atoms with Gasteiger partial charge >= 0.3 is 11.9 Å². The molecule has 1 saturated carbocycles. The van der Waals surface area contributed by atoms with Crippen LogP contribution in [0.3, 0.4) is 0 Å². The fourth-order valence-corrected chi connectivity index (χ4v) is 3.50. The smallest absolute Gasteiger partial charge is 0.331 e. The number of allylic oxidation sites excluding steroid dienone is 2. The van der Waals surface area contributed by atoms with Crippen molar-refractivity contribution in [3.8, 4) is 0 Å². The number of hydrogen-bond donors (Lipinski definition) is 0. The Morgan fingerprint density at radius 2 is 1.89 bits per heavy atom. The SMILES string of the molecule is C=C(C(CC=C(C)C)OC(C)=O)C1CC2OC2(C)C(=O)C1OC(=O)C=C(C)C. The highest BCUT2D eigenvalue weighted by Crippen LogP contribution is 2.50. The second kappa shape index (κ2) is 8.43. The van der Waals surface area contributed by atoms with Gasteiger partial charge in [-0.15, -0.1) is 0 Å². The van der Waals surface area contributed by atoms with Gasteiger partial charge in [-0.2, -0.15) is 0 Å². The van der Waals surface area contributed by atoms with Crippen molar-refractivity contribution in [2.45, 2.75) is 78.3 Å². The van der Waals surface area contributed by atoms with Crippen LogP contribution in [0.4, 0.5) is 0 Å². The number of rotatable bonds is 7. The minimum absolute atomic E-state index is 0.235. The Labute approximate surface area is 166 Å². The molecule has 0 amide bonds. The Kier molecular flexibility index (Phi) is 6.65. The van der Waals surface area contributed by atoms with E-state index in [2.05, 4.69) is 6.58 Å². The summed E-state index contributed by atoms with van der Waals surface area (Å²) in [6.45, 7) is 14.6. The van der Waals surface area contributed by atoms with Gasteiger partial charge in [-0.3, -0.25) is 9.59 Å². The molecule has 0 N–H and O–H groups in total. The fourth-order valence-electron chi connectivity index (χ4n) is 3.50. The Bertz CT molecular complexity index is 738. The van der Waals surface area contributed by atoms with E-state index in [4.69, 9.17) is 14.2 Å². The van der Waals surface area contributed by atoms with E-state index in [0.717, 1.165) is 11.1 Å². The molecule has 2 aliphatic rings. The van der Waals surface area contributed by atoms with Crippen LogP contribution >= 0.6 is 0 Å². The summed E-state index contributed by atoms with van der Waals surface area (Å²) in [6.07, 6.45) is 2.39. The van der Waals surface area contributed by atoms with Crippen molar-refractivity contribution < 1.29 is 28.6 Å². The molecule has 2 rings (SSSR count). The highest BCUT2D eigenvalue weighted by Gasteiger charge is 2.66. The van der Waals surface area contributed by atoms with Gasteiger partial charge in [0, 0.05) is 25.3 Å². The second-order valence-electron chi connectivity index (χ2n) is 8.19. The van der Waals surface area contributed by atoms with Gasteiger partial charge in [0.1, 0.15) is 6.10 Å². The highest BCUT2D eigenvalue weighted by molar-refractivity contribution is 5.97. The number of ether oxygens (including phenoxy) is 3. The molecule has 0 radical (unpaired) electrons. The van der Waals surface area contributed by atoms with Gasteiger partial charge in [0.15, 0.2) is 11.7 Å². The quantitative estimate of drug-likeness (QED) is 0.287. The lowest BCUT2D eigenvalue weighted by Crippen LogP contribution is -2.48. The summed E-state index contributed by atoms with van der Waals surface area (Å²) >= 11 is 0. The van der Waals surface area contributed by atoms with Gasteiger partial charge in [-0.05, 0) is 46.6 Å². The van der Waals surface area contributed by atoms with Gasteiger partial charge in [0.05, 0.1) is 6.10 Å². The summed E-state index contributed by atoms with van der Waals surface area (Å²) in [6, 6.07) is 0. The van der Waals surface area contributed by atoms with Crippen LogP contribution in [0.1, 0.15) is 54.4 Å². The average molecular weight is 390 g/mol. The molecule has 0 aromatic carbocycles. The Balaban J connectivity index is 2.29. The fraction of sp³-hybridized carbons (Fsp3) is 0.591. The molecule has 1 aliphatic carbocycles. The van der Waals surface area contributed by atoms with E-state index >= 15 is 0 Å². The minimum atomic E-state index is -1.01. The predicted molar refractivity (Wildman–Crippen MR) is 104 cm³/mol. The lowest BCUT2D eigenvalue weighted by atomic mass is 9.74. The van der Waals surface area contributed by atoms with E-state index in [1.54, 1.807) is 20.8 Å². The first-order valence-corrected chi connectivity index (χ1v) is 9.52. The van der Waals surface area contributed by atoms with Crippen LogP contribution in [0, 0.1) is 5.92 Å². The van der Waals surface area contributed by atoms with Crippen molar-refractivity contribution in [1.82, 2.24) is 0 Å². The number of ketones is 1. The van der Waals surface area contributed by atoms with Crippen molar-refractivity contribution in [3.63, 3.8) is 0 Å². The molecule has 6 nitrogen and oxygen atoms in total. The van der Waals surface area contributed by atoms with Gasteiger partial charge in [0.2, 0.25) is 5.78 Å². The van der Waals surface area contributed by atoms with Crippen LogP contribution in [0.15, 0.2) is 35.5 Å². The molecule has 154 valence electrons. The van der Waals surface area contributed by atoms with Gasteiger partial charge in [-0.25, -0.2) is 4.79 Å². The highest BCUT2D eigenvalue weighted by atomic mass is 16.6.